The normalized spacial score (nSPS) is 14.6. The fraction of sp³-hybridized carbons (Fsp3) is 0.0938. The van der Waals surface area contributed by atoms with Crippen molar-refractivity contribution in [3.8, 4) is 17.1 Å². The molecule has 0 saturated carbocycles. The van der Waals surface area contributed by atoms with Gasteiger partial charge in [0.2, 0.25) is 0 Å². The van der Waals surface area contributed by atoms with Crippen LogP contribution in [0.1, 0.15) is 24.3 Å². The van der Waals surface area contributed by atoms with E-state index in [-0.39, 0.29) is 28.5 Å². The summed E-state index contributed by atoms with van der Waals surface area (Å²) in [6.07, 6.45) is 1.56. The van der Waals surface area contributed by atoms with Gasteiger partial charge in [-0.05, 0) is 61.0 Å². The molecule has 0 saturated heterocycles. The summed E-state index contributed by atoms with van der Waals surface area (Å²) in [6, 6.07) is 22.9. The number of allylic oxidation sites excluding steroid dienone is 1. The lowest BCUT2D eigenvalue weighted by molar-refractivity contribution is -0.384. The summed E-state index contributed by atoms with van der Waals surface area (Å²) < 4.78 is 12.9. The molecule has 6 rings (SSSR count). The molecular weight excluding hydrogens is 604 g/mol. The number of thiazole rings is 1. The molecule has 10 nitrogen and oxygen atoms in total. The van der Waals surface area contributed by atoms with Crippen molar-refractivity contribution >= 4 is 46.3 Å². The Morgan fingerprint density at radius 3 is 2.57 bits per heavy atom. The Labute approximate surface area is 259 Å². The number of methoxy groups -OCH3 is 1. The quantitative estimate of drug-likeness (QED) is 0.182. The maximum atomic E-state index is 13.9. The van der Waals surface area contributed by atoms with Crippen molar-refractivity contribution in [2.24, 2.45) is 4.99 Å². The minimum Gasteiger partial charge on any atom is -0.497 e. The third-order valence-electron chi connectivity index (χ3n) is 7.05. The lowest BCUT2D eigenvalue weighted by Gasteiger charge is -2.25. The van der Waals surface area contributed by atoms with Crippen LogP contribution < -0.4 is 24.9 Å². The van der Waals surface area contributed by atoms with Crippen molar-refractivity contribution < 1.29 is 18.9 Å². The Kier molecular flexibility index (Phi) is 7.73. The molecule has 1 amide bonds. The van der Waals surface area contributed by atoms with Crippen molar-refractivity contribution in [1.82, 2.24) is 4.57 Å². The minimum atomic E-state index is -0.775. The van der Waals surface area contributed by atoms with Gasteiger partial charge in [-0.2, -0.15) is 0 Å². The predicted molar refractivity (Wildman–Crippen MR) is 168 cm³/mol. The molecule has 3 heterocycles. The third-order valence-corrected chi connectivity index (χ3v) is 8.29. The van der Waals surface area contributed by atoms with Crippen LogP contribution in [0.5, 0.6) is 5.75 Å². The lowest BCUT2D eigenvalue weighted by Crippen LogP contribution is -2.40. The Hall–Kier alpha value is -5.26. The van der Waals surface area contributed by atoms with E-state index in [2.05, 4.69) is 10.3 Å². The molecule has 0 fully saturated rings. The highest BCUT2D eigenvalue weighted by Gasteiger charge is 2.32. The molecule has 1 atom stereocenters. The summed E-state index contributed by atoms with van der Waals surface area (Å²) in [5.41, 5.74) is 1.80. The van der Waals surface area contributed by atoms with Gasteiger partial charge in [0.1, 0.15) is 17.3 Å². The van der Waals surface area contributed by atoms with Gasteiger partial charge in [0.25, 0.3) is 17.2 Å². The van der Waals surface area contributed by atoms with Gasteiger partial charge >= 0.3 is 0 Å². The average Bonchev–Trinajstić information content (AvgIpc) is 3.60. The summed E-state index contributed by atoms with van der Waals surface area (Å²) in [5, 5.41) is 15.1. The number of aromatic nitrogens is 1. The van der Waals surface area contributed by atoms with Gasteiger partial charge in [0.05, 0.1) is 45.5 Å². The third kappa shape index (κ3) is 5.46. The van der Waals surface area contributed by atoms with Gasteiger partial charge in [-0.25, -0.2) is 4.99 Å². The smallest absolute Gasteiger partial charge is 0.284 e. The first-order valence-electron chi connectivity index (χ1n) is 13.3. The Bertz CT molecular complexity index is 2130. The van der Waals surface area contributed by atoms with Gasteiger partial charge < -0.3 is 14.5 Å². The zero-order valence-electron chi connectivity index (χ0n) is 23.3. The first-order chi connectivity index (χ1) is 21.2. The molecule has 1 aliphatic heterocycles. The van der Waals surface area contributed by atoms with Crippen LogP contribution in [-0.4, -0.2) is 22.5 Å². The van der Waals surface area contributed by atoms with Crippen LogP contribution in [0.4, 0.5) is 11.4 Å². The molecule has 0 radical (unpaired) electrons. The highest BCUT2D eigenvalue weighted by Crippen LogP contribution is 2.35. The number of anilines is 1. The highest BCUT2D eigenvalue weighted by atomic mass is 35.5. The van der Waals surface area contributed by atoms with Crippen LogP contribution in [0.15, 0.2) is 110 Å². The number of nitrogens with one attached hydrogen (secondary N) is 1. The second-order valence-electron chi connectivity index (χ2n) is 9.80. The van der Waals surface area contributed by atoms with Gasteiger partial charge in [0.15, 0.2) is 4.80 Å². The molecule has 3 aromatic carbocycles. The maximum absolute atomic E-state index is 13.9. The largest absolute Gasteiger partial charge is 0.497 e. The molecule has 5 aromatic rings. The number of rotatable bonds is 7. The number of amides is 1. The number of ether oxygens (including phenoxy) is 1. The fourth-order valence-electron chi connectivity index (χ4n) is 4.99. The van der Waals surface area contributed by atoms with Crippen molar-refractivity contribution in [1.29, 1.82) is 0 Å². The SMILES string of the molecule is COc1ccc(-c2ccc(/C=c3\sc4n(c3=O)[C@@H](c3ccc(Cl)cc3)C(C(=O)Nc3ccccc3)=C(C)N=4)o2)c([N+](=O)[O-])c1. The van der Waals surface area contributed by atoms with Crippen molar-refractivity contribution in [2.45, 2.75) is 13.0 Å². The number of hydrogen-bond donors (Lipinski definition) is 1. The maximum Gasteiger partial charge on any atom is 0.284 e. The number of fused-ring (bicyclic) bond motifs is 1. The van der Waals surface area contributed by atoms with E-state index in [1.807, 2.05) is 18.2 Å². The minimum absolute atomic E-state index is 0.177. The second-order valence-corrected chi connectivity index (χ2v) is 11.2. The summed E-state index contributed by atoms with van der Waals surface area (Å²) in [5.74, 6) is 0.531. The zero-order chi connectivity index (χ0) is 31.0. The van der Waals surface area contributed by atoms with E-state index in [1.165, 1.54) is 17.7 Å². The van der Waals surface area contributed by atoms with Gasteiger partial charge in [-0.15, -0.1) is 0 Å². The number of nitrogens with zero attached hydrogens (tertiary/aromatic N) is 3. The number of halogens is 1. The number of benzene rings is 3. The molecule has 0 bridgehead atoms. The van der Waals surface area contributed by atoms with E-state index in [1.54, 1.807) is 73.7 Å². The summed E-state index contributed by atoms with van der Waals surface area (Å²) in [4.78, 5) is 43.8. The topological polar surface area (TPSA) is 129 Å². The van der Waals surface area contributed by atoms with E-state index in [4.69, 9.17) is 20.8 Å². The van der Waals surface area contributed by atoms with E-state index in [0.717, 1.165) is 11.3 Å². The van der Waals surface area contributed by atoms with Crippen molar-refractivity contribution in [3.63, 3.8) is 0 Å². The van der Waals surface area contributed by atoms with Gasteiger partial charge in [-0.3, -0.25) is 24.3 Å². The second kappa shape index (κ2) is 11.8. The first-order valence-corrected chi connectivity index (χ1v) is 14.5. The summed E-state index contributed by atoms with van der Waals surface area (Å²) >= 11 is 7.31. The van der Waals surface area contributed by atoms with Crippen LogP contribution in [0.25, 0.3) is 17.4 Å². The molecule has 0 spiro atoms. The van der Waals surface area contributed by atoms with E-state index >= 15 is 0 Å². The molecule has 220 valence electrons. The molecule has 0 unspecified atom stereocenters. The molecule has 0 aliphatic carbocycles. The zero-order valence-corrected chi connectivity index (χ0v) is 24.9. The number of carbonyl (C=O) groups is 1. The predicted octanol–water partition coefficient (Wildman–Crippen LogP) is 5.70. The van der Waals surface area contributed by atoms with Crippen molar-refractivity contribution in [2.75, 3.05) is 12.4 Å². The number of carbonyl (C=O) groups excluding carboxylic acids is 1. The Morgan fingerprint density at radius 1 is 1.11 bits per heavy atom. The number of para-hydroxylation sites is 1. The average molecular weight is 627 g/mol. The van der Waals surface area contributed by atoms with Crippen LogP contribution in [0.2, 0.25) is 5.02 Å². The molecule has 2 aromatic heterocycles. The number of nitro groups is 1. The number of nitro benzene ring substituents is 1. The molecule has 44 heavy (non-hydrogen) atoms. The van der Waals surface area contributed by atoms with Gasteiger partial charge in [0, 0.05) is 16.8 Å². The van der Waals surface area contributed by atoms with Crippen LogP contribution in [0, 0.1) is 10.1 Å². The molecule has 1 aliphatic rings. The van der Waals surface area contributed by atoms with E-state index < -0.39 is 11.0 Å². The number of furan rings is 1. The monoisotopic (exact) mass is 626 g/mol. The van der Waals surface area contributed by atoms with Crippen LogP contribution >= 0.6 is 22.9 Å². The van der Waals surface area contributed by atoms with E-state index in [0.29, 0.717) is 48.4 Å². The fourth-order valence-corrected chi connectivity index (χ4v) is 6.15. The summed E-state index contributed by atoms with van der Waals surface area (Å²) in [6.45, 7) is 1.74. The highest BCUT2D eigenvalue weighted by molar-refractivity contribution is 7.07. The standard InChI is InChI=1S/C32H23ClN4O6S/c1-18-28(30(38)35-21-6-4-3-5-7-21)29(19-8-10-20(33)11-9-19)36-31(39)27(44-32(36)34-18)17-23-13-15-26(43-23)24-14-12-22(42-2)16-25(24)37(40)41/h3-17,29H,1-2H3,(H,35,38)/b27-17-/t29-/m0/s1. The van der Waals surface area contributed by atoms with E-state index in [9.17, 15) is 19.7 Å². The Balaban J connectivity index is 1.44. The Morgan fingerprint density at radius 2 is 1.86 bits per heavy atom. The molecule has 1 N–H and O–H groups in total. The molecule has 12 heteroatoms. The summed E-state index contributed by atoms with van der Waals surface area (Å²) in [7, 11) is 1.43. The van der Waals surface area contributed by atoms with Gasteiger partial charge in [-0.1, -0.05) is 53.3 Å². The first kappa shape index (κ1) is 28.8. The van der Waals surface area contributed by atoms with Crippen LogP contribution in [0.3, 0.4) is 0 Å². The van der Waals surface area contributed by atoms with Crippen molar-refractivity contribution in [3.05, 3.63) is 142 Å². The van der Waals surface area contributed by atoms with Crippen LogP contribution in [-0.2, 0) is 4.79 Å². The lowest BCUT2D eigenvalue weighted by atomic mass is 9.95. The molecular formula is C32H23ClN4O6S. The number of hydrogen-bond acceptors (Lipinski definition) is 8.